The van der Waals surface area contributed by atoms with E-state index in [9.17, 15) is 18.0 Å². The van der Waals surface area contributed by atoms with Crippen molar-refractivity contribution in [1.82, 2.24) is 24.5 Å². The van der Waals surface area contributed by atoms with Crippen LogP contribution in [0.1, 0.15) is 11.5 Å². The lowest BCUT2D eigenvalue weighted by Gasteiger charge is -2.06. The van der Waals surface area contributed by atoms with E-state index in [0.29, 0.717) is 0 Å². The number of halogens is 3. The number of rotatable bonds is 3. The third-order valence-electron chi connectivity index (χ3n) is 3.09. The normalized spacial score (nSPS) is 11.8. The van der Waals surface area contributed by atoms with Crippen LogP contribution in [0.2, 0.25) is 0 Å². The van der Waals surface area contributed by atoms with Crippen molar-refractivity contribution in [1.29, 1.82) is 0 Å². The second-order valence-corrected chi connectivity index (χ2v) is 4.77. The van der Waals surface area contributed by atoms with Gasteiger partial charge in [0.2, 0.25) is 11.7 Å². The minimum atomic E-state index is -4.45. The average molecular weight is 325 g/mol. The van der Waals surface area contributed by atoms with Crippen LogP contribution in [0.15, 0.2) is 39.9 Å². The van der Waals surface area contributed by atoms with Gasteiger partial charge >= 0.3 is 11.9 Å². The molecule has 0 spiro atoms. The van der Waals surface area contributed by atoms with E-state index in [-0.39, 0.29) is 29.5 Å². The summed E-state index contributed by atoms with van der Waals surface area (Å²) in [6, 6.07) is 4.59. The zero-order chi connectivity index (χ0) is 16.6. The van der Waals surface area contributed by atoms with Gasteiger partial charge in [0.1, 0.15) is 12.9 Å². The minimum absolute atomic E-state index is 0.00933. The standard InChI is InChI=1S/C13H10F3N5O2/c1-20-7-17-21(12(20)22)6-10-18-11(19-23-10)8-3-2-4-9(5-8)13(14,15)16/h2-5,7H,6H2,1H3. The van der Waals surface area contributed by atoms with Gasteiger partial charge in [0.05, 0.1) is 5.56 Å². The number of benzene rings is 1. The van der Waals surface area contributed by atoms with Crippen molar-refractivity contribution in [2.45, 2.75) is 12.7 Å². The lowest BCUT2D eigenvalue weighted by Crippen LogP contribution is -2.23. The smallest absolute Gasteiger partial charge is 0.337 e. The highest BCUT2D eigenvalue weighted by Gasteiger charge is 2.30. The molecule has 0 amide bonds. The molecule has 0 radical (unpaired) electrons. The van der Waals surface area contributed by atoms with Gasteiger partial charge in [0.25, 0.3) is 0 Å². The number of hydrogen-bond acceptors (Lipinski definition) is 5. The van der Waals surface area contributed by atoms with Crippen molar-refractivity contribution < 1.29 is 17.7 Å². The van der Waals surface area contributed by atoms with Gasteiger partial charge in [-0.3, -0.25) is 4.57 Å². The molecule has 0 N–H and O–H groups in total. The fraction of sp³-hybridized carbons (Fsp3) is 0.231. The summed E-state index contributed by atoms with van der Waals surface area (Å²) in [4.78, 5) is 15.6. The topological polar surface area (TPSA) is 78.7 Å². The Morgan fingerprint density at radius 1 is 1.30 bits per heavy atom. The quantitative estimate of drug-likeness (QED) is 0.732. The Bertz CT molecular complexity index is 893. The first kappa shape index (κ1) is 15.0. The molecule has 2 heterocycles. The number of aryl methyl sites for hydroxylation is 1. The molecule has 3 rings (SSSR count). The average Bonchev–Trinajstić information content (AvgIpc) is 3.09. The van der Waals surface area contributed by atoms with Gasteiger partial charge in [-0.2, -0.15) is 23.3 Å². The first-order chi connectivity index (χ1) is 10.8. The Kier molecular flexibility index (Phi) is 3.51. The second-order valence-electron chi connectivity index (χ2n) is 4.77. The summed E-state index contributed by atoms with van der Waals surface area (Å²) >= 11 is 0. The third kappa shape index (κ3) is 3.00. The molecule has 120 valence electrons. The van der Waals surface area contributed by atoms with E-state index in [1.807, 2.05) is 0 Å². The lowest BCUT2D eigenvalue weighted by atomic mass is 10.1. The predicted octanol–water partition coefficient (Wildman–Crippen LogP) is 1.70. The minimum Gasteiger partial charge on any atom is -0.337 e. The van der Waals surface area contributed by atoms with Crippen LogP contribution >= 0.6 is 0 Å². The molecule has 2 aromatic heterocycles. The SMILES string of the molecule is Cn1cnn(Cc2nc(-c3cccc(C(F)(F)F)c3)no2)c1=O. The molecule has 0 unspecified atom stereocenters. The van der Waals surface area contributed by atoms with E-state index < -0.39 is 11.7 Å². The zero-order valence-electron chi connectivity index (χ0n) is 11.8. The van der Waals surface area contributed by atoms with Crippen LogP contribution in [0.4, 0.5) is 13.2 Å². The highest BCUT2D eigenvalue weighted by Crippen LogP contribution is 2.31. The maximum absolute atomic E-state index is 12.7. The van der Waals surface area contributed by atoms with E-state index in [4.69, 9.17) is 4.52 Å². The van der Waals surface area contributed by atoms with Crippen molar-refractivity contribution in [3.63, 3.8) is 0 Å². The van der Waals surface area contributed by atoms with E-state index in [0.717, 1.165) is 16.8 Å². The van der Waals surface area contributed by atoms with Gasteiger partial charge < -0.3 is 4.52 Å². The van der Waals surface area contributed by atoms with E-state index in [1.165, 1.54) is 30.1 Å². The van der Waals surface area contributed by atoms with Crippen LogP contribution in [0.5, 0.6) is 0 Å². The molecule has 0 saturated carbocycles. The molecule has 1 aromatic carbocycles. The van der Waals surface area contributed by atoms with E-state index in [1.54, 1.807) is 0 Å². The summed E-state index contributed by atoms with van der Waals surface area (Å²) in [5, 5.41) is 7.47. The zero-order valence-corrected chi connectivity index (χ0v) is 11.8. The van der Waals surface area contributed by atoms with Gasteiger partial charge in [0, 0.05) is 12.6 Å². The molecule has 0 fully saturated rings. The summed E-state index contributed by atoms with van der Waals surface area (Å²) in [5.41, 5.74) is -1.01. The number of nitrogens with zero attached hydrogens (tertiary/aromatic N) is 5. The summed E-state index contributed by atoms with van der Waals surface area (Å²) in [5.74, 6) is 0.0771. The molecular weight excluding hydrogens is 315 g/mol. The molecule has 3 aromatic rings. The lowest BCUT2D eigenvalue weighted by molar-refractivity contribution is -0.137. The Labute approximate surface area is 127 Å². The number of aromatic nitrogens is 5. The van der Waals surface area contributed by atoms with Crippen molar-refractivity contribution in [3.05, 3.63) is 52.5 Å². The van der Waals surface area contributed by atoms with Gasteiger partial charge in [-0.1, -0.05) is 17.3 Å². The van der Waals surface area contributed by atoms with Gasteiger partial charge in [-0.05, 0) is 12.1 Å². The molecule has 0 atom stereocenters. The molecule has 0 aliphatic carbocycles. The maximum atomic E-state index is 12.7. The maximum Gasteiger partial charge on any atom is 0.416 e. The van der Waals surface area contributed by atoms with Crippen LogP contribution in [-0.2, 0) is 19.8 Å². The number of alkyl halides is 3. The summed E-state index contributed by atoms with van der Waals surface area (Å²) in [6.07, 6.45) is -3.13. The molecule has 23 heavy (non-hydrogen) atoms. The summed E-state index contributed by atoms with van der Waals surface area (Å²) in [6.45, 7) is -0.0639. The Balaban J connectivity index is 1.88. The van der Waals surface area contributed by atoms with Gasteiger partial charge in [0.15, 0.2) is 0 Å². The summed E-state index contributed by atoms with van der Waals surface area (Å²) < 4.78 is 45.5. The Morgan fingerprint density at radius 3 is 2.74 bits per heavy atom. The first-order valence-corrected chi connectivity index (χ1v) is 6.43. The summed E-state index contributed by atoms with van der Waals surface area (Å²) in [7, 11) is 1.54. The fourth-order valence-electron chi connectivity index (χ4n) is 1.93. The molecule has 10 heteroatoms. The van der Waals surface area contributed by atoms with Crippen LogP contribution in [0.3, 0.4) is 0 Å². The molecule has 7 nitrogen and oxygen atoms in total. The molecule has 0 aliphatic heterocycles. The monoisotopic (exact) mass is 325 g/mol. The van der Waals surface area contributed by atoms with E-state index >= 15 is 0 Å². The van der Waals surface area contributed by atoms with Crippen LogP contribution in [0.25, 0.3) is 11.4 Å². The van der Waals surface area contributed by atoms with Crippen molar-refractivity contribution in [2.75, 3.05) is 0 Å². The predicted molar refractivity (Wildman–Crippen MR) is 71.3 cm³/mol. The van der Waals surface area contributed by atoms with E-state index in [2.05, 4.69) is 15.2 Å². The van der Waals surface area contributed by atoms with Crippen molar-refractivity contribution in [3.8, 4) is 11.4 Å². The van der Waals surface area contributed by atoms with Crippen molar-refractivity contribution in [2.24, 2.45) is 7.05 Å². The highest BCUT2D eigenvalue weighted by atomic mass is 19.4. The fourth-order valence-corrected chi connectivity index (χ4v) is 1.93. The van der Waals surface area contributed by atoms with Crippen LogP contribution in [0, 0.1) is 0 Å². The second kappa shape index (κ2) is 5.38. The molecular formula is C13H10F3N5O2. The number of hydrogen-bond donors (Lipinski definition) is 0. The van der Waals surface area contributed by atoms with Gasteiger partial charge in [-0.25, -0.2) is 9.48 Å². The highest BCUT2D eigenvalue weighted by molar-refractivity contribution is 5.55. The van der Waals surface area contributed by atoms with Crippen molar-refractivity contribution >= 4 is 0 Å². The van der Waals surface area contributed by atoms with Crippen LogP contribution < -0.4 is 5.69 Å². The Hall–Kier alpha value is -2.91. The first-order valence-electron chi connectivity index (χ1n) is 6.43. The molecule has 0 saturated heterocycles. The molecule has 0 bridgehead atoms. The largest absolute Gasteiger partial charge is 0.416 e. The van der Waals surface area contributed by atoms with Crippen LogP contribution in [-0.4, -0.2) is 24.5 Å². The Morgan fingerprint density at radius 2 is 2.09 bits per heavy atom. The third-order valence-corrected chi connectivity index (χ3v) is 3.09. The molecule has 0 aliphatic rings. The van der Waals surface area contributed by atoms with Gasteiger partial charge in [-0.15, -0.1) is 0 Å².